The average molecular weight is 464 g/mol. The summed E-state index contributed by atoms with van der Waals surface area (Å²) in [5.41, 5.74) is 1.94. The Morgan fingerprint density at radius 1 is 1.09 bits per heavy atom. The van der Waals surface area contributed by atoms with E-state index in [-0.39, 0.29) is 17.7 Å². The van der Waals surface area contributed by atoms with E-state index in [9.17, 15) is 14.4 Å². The SMILES string of the molecule is Cc1cnc(N2CCN(C(=O)c3ccc([C@@]4(C(C)C)NC(=O)NC4=O)cc3)C(C)(C)C2)c(C)c1. The third-order valence-electron chi connectivity index (χ3n) is 6.98. The molecule has 0 unspecified atom stereocenters. The fourth-order valence-electron chi connectivity index (χ4n) is 5.19. The van der Waals surface area contributed by atoms with E-state index in [0.29, 0.717) is 30.8 Å². The number of imide groups is 1. The number of piperazine rings is 1. The number of amides is 4. The summed E-state index contributed by atoms with van der Waals surface area (Å²) in [6.45, 7) is 14.0. The van der Waals surface area contributed by atoms with Crippen LogP contribution < -0.4 is 15.5 Å². The van der Waals surface area contributed by atoms with Crippen LogP contribution in [0.4, 0.5) is 10.6 Å². The van der Waals surface area contributed by atoms with Crippen molar-refractivity contribution in [1.82, 2.24) is 20.5 Å². The molecule has 180 valence electrons. The number of rotatable bonds is 4. The van der Waals surface area contributed by atoms with Crippen molar-refractivity contribution in [2.24, 2.45) is 5.92 Å². The predicted octanol–water partition coefficient (Wildman–Crippen LogP) is 3.13. The summed E-state index contributed by atoms with van der Waals surface area (Å²) in [7, 11) is 0. The van der Waals surface area contributed by atoms with Crippen molar-refractivity contribution in [3.8, 4) is 0 Å². The molecule has 2 N–H and O–H groups in total. The molecule has 3 heterocycles. The van der Waals surface area contributed by atoms with Crippen LogP contribution >= 0.6 is 0 Å². The highest BCUT2D eigenvalue weighted by Crippen LogP contribution is 2.34. The fraction of sp³-hybridized carbons (Fsp3) is 0.462. The summed E-state index contributed by atoms with van der Waals surface area (Å²) >= 11 is 0. The Morgan fingerprint density at radius 3 is 2.29 bits per heavy atom. The van der Waals surface area contributed by atoms with E-state index >= 15 is 0 Å². The Kier molecular flexibility index (Phi) is 5.87. The molecule has 0 bridgehead atoms. The highest BCUT2D eigenvalue weighted by atomic mass is 16.2. The molecule has 0 radical (unpaired) electrons. The van der Waals surface area contributed by atoms with Gasteiger partial charge in [-0.25, -0.2) is 9.78 Å². The minimum Gasteiger partial charge on any atom is -0.352 e. The molecule has 2 aliphatic rings. The number of benzene rings is 1. The first kappa shape index (κ1) is 23.7. The molecule has 4 rings (SSSR count). The zero-order valence-corrected chi connectivity index (χ0v) is 20.7. The van der Waals surface area contributed by atoms with Crippen molar-refractivity contribution in [3.63, 3.8) is 0 Å². The first-order valence-corrected chi connectivity index (χ1v) is 11.7. The van der Waals surface area contributed by atoms with Crippen LogP contribution in [-0.2, 0) is 10.3 Å². The molecular weight excluding hydrogens is 430 g/mol. The van der Waals surface area contributed by atoms with Gasteiger partial charge < -0.3 is 15.1 Å². The lowest BCUT2D eigenvalue weighted by Crippen LogP contribution is -2.61. The number of carbonyl (C=O) groups excluding carboxylic acids is 3. The summed E-state index contributed by atoms with van der Waals surface area (Å²) in [6.07, 6.45) is 1.88. The lowest BCUT2D eigenvalue weighted by atomic mass is 9.79. The number of pyridine rings is 1. The van der Waals surface area contributed by atoms with Crippen LogP contribution in [0.3, 0.4) is 0 Å². The first-order chi connectivity index (χ1) is 16.0. The smallest absolute Gasteiger partial charge is 0.322 e. The molecule has 4 amide bonds. The van der Waals surface area contributed by atoms with Crippen LogP contribution in [0, 0.1) is 19.8 Å². The third-order valence-corrected chi connectivity index (χ3v) is 6.98. The van der Waals surface area contributed by atoms with Gasteiger partial charge in [-0.1, -0.05) is 32.0 Å². The molecule has 2 saturated heterocycles. The highest BCUT2D eigenvalue weighted by Gasteiger charge is 2.50. The molecule has 8 nitrogen and oxygen atoms in total. The second kappa shape index (κ2) is 8.42. The number of urea groups is 1. The number of hydrogen-bond donors (Lipinski definition) is 2. The Bertz CT molecular complexity index is 1140. The number of nitrogens with one attached hydrogen (secondary N) is 2. The molecule has 1 aromatic heterocycles. The number of carbonyl (C=O) groups is 3. The van der Waals surface area contributed by atoms with Crippen LogP contribution in [0.25, 0.3) is 0 Å². The lowest BCUT2D eigenvalue weighted by molar-refractivity contribution is -0.125. The molecule has 8 heteroatoms. The second-order valence-electron chi connectivity index (χ2n) is 10.3. The molecule has 2 aromatic rings. The van der Waals surface area contributed by atoms with Crippen LogP contribution in [-0.4, -0.2) is 52.9 Å². The van der Waals surface area contributed by atoms with Gasteiger partial charge in [0.15, 0.2) is 0 Å². The van der Waals surface area contributed by atoms with Gasteiger partial charge in [-0.2, -0.15) is 0 Å². The maximum absolute atomic E-state index is 13.5. The maximum Gasteiger partial charge on any atom is 0.322 e. The average Bonchev–Trinajstić information content (AvgIpc) is 3.07. The van der Waals surface area contributed by atoms with Crippen LogP contribution in [0.2, 0.25) is 0 Å². The Hall–Kier alpha value is -3.42. The van der Waals surface area contributed by atoms with Crippen molar-refractivity contribution in [2.75, 3.05) is 24.5 Å². The highest BCUT2D eigenvalue weighted by molar-refractivity contribution is 6.07. The summed E-state index contributed by atoms with van der Waals surface area (Å²) in [4.78, 5) is 46.7. The van der Waals surface area contributed by atoms with E-state index in [4.69, 9.17) is 0 Å². The summed E-state index contributed by atoms with van der Waals surface area (Å²) in [5.74, 6) is 0.379. The topological polar surface area (TPSA) is 94.6 Å². The fourth-order valence-corrected chi connectivity index (χ4v) is 5.19. The number of hydrogen-bond acceptors (Lipinski definition) is 5. The number of aromatic nitrogens is 1. The summed E-state index contributed by atoms with van der Waals surface area (Å²) in [6, 6.07) is 8.65. The second-order valence-corrected chi connectivity index (χ2v) is 10.3. The van der Waals surface area contributed by atoms with Gasteiger partial charge in [-0.15, -0.1) is 0 Å². The van der Waals surface area contributed by atoms with Gasteiger partial charge in [-0.05, 0) is 62.4 Å². The van der Waals surface area contributed by atoms with E-state index in [1.807, 2.05) is 31.9 Å². The molecule has 0 saturated carbocycles. The quantitative estimate of drug-likeness (QED) is 0.680. The molecule has 2 fully saturated rings. The van der Waals surface area contributed by atoms with E-state index in [2.05, 4.69) is 47.4 Å². The van der Waals surface area contributed by atoms with E-state index < -0.39 is 17.1 Å². The lowest BCUT2D eigenvalue weighted by Gasteiger charge is -2.47. The van der Waals surface area contributed by atoms with Gasteiger partial charge in [0.2, 0.25) is 0 Å². The first-order valence-electron chi connectivity index (χ1n) is 11.7. The van der Waals surface area contributed by atoms with Gasteiger partial charge in [-0.3, -0.25) is 14.9 Å². The Balaban J connectivity index is 1.54. The van der Waals surface area contributed by atoms with E-state index in [1.165, 1.54) is 0 Å². The zero-order chi connectivity index (χ0) is 24.8. The van der Waals surface area contributed by atoms with Gasteiger partial charge in [0.1, 0.15) is 11.4 Å². The normalized spacial score (nSPS) is 22.1. The molecule has 34 heavy (non-hydrogen) atoms. The van der Waals surface area contributed by atoms with Crippen LogP contribution in [0.15, 0.2) is 36.5 Å². The van der Waals surface area contributed by atoms with Crippen molar-refractivity contribution in [2.45, 2.75) is 52.6 Å². The molecule has 1 atom stereocenters. The monoisotopic (exact) mass is 463 g/mol. The van der Waals surface area contributed by atoms with E-state index in [0.717, 1.165) is 16.9 Å². The molecule has 1 aromatic carbocycles. The third kappa shape index (κ3) is 3.91. The van der Waals surface area contributed by atoms with E-state index in [1.54, 1.807) is 24.3 Å². The molecule has 2 aliphatic heterocycles. The van der Waals surface area contributed by atoms with Crippen molar-refractivity contribution in [1.29, 1.82) is 0 Å². The Morgan fingerprint density at radius 2 is 1.76 bits per heavy atom. The number of anilines is 1. The molecular formula is C26H33N5O3. The van der Waals surface area contributed by atoms with Gasteiger partial charge in [0.25, 0.3) is 11.8 Å². The van der Waals surface area contributed by atoms with Gasteiger partial charge >= 0.3 is 6.03 Å². The summed E-state index contributed by atoms with van der Waals surface area (Å²) in [5, 5.41) is 5.12. The van der Waals surface area contributed by atoms with Gasteiger partial charge in [0.05, 0.1) is 5.54 Å². The predicted molar refractivity (Wildman–Crippen MR) is 131 cm³/mol. The number of nitrogens with zero attached hydrogens (tertiary/aromatic N) is 3. The minimum atomic E-state index is -1.14. The molecule has 0 aliphatic carbocycles. The van der Waals surface area contributed by atoms with Crippen molar-refractivity contribution in [3.05, 3.63) is 58.8 Å². The maximum atomic E-state index is 13.5. The van der Waals surface area contributed by atoms with Crippen LogP contribution in [0.1, 0.15) is 54.7 Å². The standard InChI is InChI=1S/C26H33N5O3/c1-16(2)26(23(33)28-24(34)29-26)20-9-7-19(8-10-20)22(32)31-12-11-30(15-25(31,5)6)21-18(4)13-17(3)14-27-21/h7-10,13-14,16H,11-12,15H2,1-6H3,(H2,28,29,33,34)/t26-/m1/s1. The molecule has 0 spiro atoms. The largest absolute Gasteiger partial charge is 0.352 e. The summed E-state index contributed by atoms with van der Waals surface area (Å²) < 4.78 is 0. The zero-order valence-electron chi connectivity index (χ0n) is 20.7. The van der Waals surface area contributed by atoms with Crippen molar-refractivity contribution < 1.29 is 14.4 Å². The van der Waals surface area contributed by atoms with Gasteiger partial charge in [0, 0.05) is 31.4 Å². The minimum absolute atomic E-state index is 0.0525. The Labute approximate surface area is 200 Å². The van der Waals surface area contributed by atoms with Crippen molar-refractivity contribution >= 4 is 23.7 Å². The number of aryl methyl sites for hydroxylation is 2. The van der Waals surface area contributed by atoms with Crippen LogP contribution in [0.5, 0.6) is 0 Å².